The maximum Gasteiger partial charge on any atom is 0.324 e. The van der Waals surface area contributed by atoms with E-state index in [9.17, 15) is 9.59 Å². The van der Waals surface area contributed by atoms with E-state index in [1.807, 2.05) is 6.07 Å². The van der Waals surface area contributed by atoms with E-state index in [2.05, 4.69) is 41.6 Å². The van der Waals surface area contributed by atoms with Gasteiger partial charge in [0.05, 0.1) is 19.6 Å². The number of urea groups is 1. The maximum atomic E-state index is 11.5. The summed E-state index contributed by atoms with van der Waals surface area (Å²) in [5.41, 5.74) is 9.29. The number of aliphatic imine (C=N–C) groups is 1. The van der Waals surface area contributed by atoms with Gasteiger partial charge in [-0.05, 0) is 24.0 Å². The van der Waals surface area contributed by atoms with Crippen LogP contribution in [0.25, 0.3) is 0 Å². The van der Waals surface area contributed by atoms with Gasteiger partial charge in [0.1, 0.15) is 0 Å². The zero-order valence-corrected chi connectivity index (χ0v) is 13.6. The Bertz CT molecular complexity index is 589. The fourth-order valence-electron chi connectivity index (χ4n) is 2.52. The van der Waals surface area contributed by atoms with Crippen LogP contribution in [-0.2, 0) is 17.6 Å². The van der Waals surface area contributed by atoms with Crippen LogP contribution in [-0.4, -0.2) is 42.4 Å². The number of imide groups is 1. The van der Waals surface area contributed by atoms with Crippen molar-refractivity contribution in [1.82, 2.24) is 10.2 Å². The predicted octanol–water partition coefficient (Wildman–Crippen LogP) is 1.09. The second-order valence-corrected chi connectivity index (χ2v) is 5.25. The predicted molar refractivity (Wildman–Crippen MR) is 90.4 cm³/mol. The molecule has 7 heteroatoms. The van der Waals surface area contributed by atoms with Crippen molar-refractivity contribution in [2.24, 2.45) is 10.7 Å². The fraction of sp³-hybridized carbons (Fsp3) is 0.438. The molecule has 0 radical (unpaired) electrons. The molecular weight excluding hydrogens is 294 g/mol. The zero-order valence-electron chi connectivity index (χ0n) is 13.6. The number of amides is 3. The Kier molecular flexibility index (Phi) is 5.56. The minimum atomic E-state index is -0.374. The number of nitrogens with zero attached hydrogens (tertiary/aromatic N) is 2. The van der Waals surface area contributed by atoms with Crippen molar-refractivity contribution in [3.63, 3.8) is 0 Å². The molecule has 3 amide bonds. The molecule has 23 heavy (non-hydrogen) atoms. The minimum Gasteiger partial charge on any atom is -0.370 e. The first-order chi connectivity index (χ1) is 11.1. The highest BCUT2D eigenvalue weighted by molar-refractivity contribution is 6.02. The Morgan fingerprint density at radius 2 is 1.96 bits per heavy atom. The van der Waals surface area contributed by atoms with Gasteiger partial charge in [-0.2, -0.15) is 0 Å². The van der Waals surface area contributed by atoms with E-state index >= 15 is 0 Å². The Balaban J connectivity index is 2.00. The summed E-state index contributed by atoms with van der Waals surface area (Å²) in [7, 11) is 0. The monoisotopic (exact) mass is 317 g/mol. The van der Waals surface area contributed by atoms with Crippen molar-refractivity contribution < 1.29 is 9.59 Å². The second kappa shape index (κ2) is 7.62. The second-order valence-electron chi connectivity index (χ2n) is 5.25. The molecule has 1 fully saturated rings. The third-order valence-corrected chi connectivity index (χ3v) is 3.79. The summed E-state index contributed by atoms with van der Waals surface area (Å²) >= 11 is 0. The number of hydrogen-bond acceptors (Lipinski definition) is 3. The molecule has 1 heterocycles. The van der Waals surface area contributed by atoms with Crippen LogP contribution in [0.5, 0.6) is 0 Å². The van der Waals surface area contributed by atoms with Gasteiger partial charge in [-0.1, -0.05) is 32.0 Å². The number of nitrogens with two attached hydrogens (primary N) is 1. The molecule has 1 saturated heterocycles. The van der Waals surface area contributed by atoms with Gasteiger partial charge in [0.15, 0.2) is 5.96 Å². The number of benzene rings is 1. The van der Waals surface area contributed by atoms with Crippen LogP contribution in [0.4, 0.5) is 10.5 Å². The van der Waals surface area contributed by atoms with Gasteiger partial charge in [0.2, 0.25) is 5.91 Å². The molecule has 0 atom stereocenters. The molecular formula is C16H23N5O2. The van der Waals surface area contributed by atoms with E-state index in [1.54, 1.807) is 0 Å². The van der Waals surface area contributed by atoms with E-state index in [-0.39, 0.29) is 37.5 Å². The number of aryl methyl sites for hydroxylation is 2. The van der Waals surface area contributed by atoms with Crippen molar-refractivity contribution in [1.29, 1.82) is 0 Å². The lowest BCUT2D eigenvalue weighted by atomic mass is 10.0. The third-order valence-electron chi connectivity index (χ3n) is 3.79. The molecule has 7 nitrogen and oxygen atoms in total. The molecule has 4 N–H and O–H groups in total. The Morgan fingerprint density at radius 3 is 2.48 bits per heavy atom. The molecule has 0 spiro atoms. The highest BCUT2D eigenvalue weighted by Gasteiger charge is 2.27. The molecule has 2 rings (SSSR count). The number of carbonyl (C=O) groups excluding carboxylic acids is 2. The van der Waals surface area contributed by atoms with Gasteiger partial charge in [-0.3, -0.25) is 14.7 Å². The molecule has 1 aromatic carbocycles. The number of guanidine groups is 1. The summed E-state index contributed by atoms with van der Waals surface area (Å²) < 4.78 is 0. The Hall–Kier alpha value is -2.57. The van der Waals surface area contributed by atoms with Crippen LogP contribution in [0.2, 0.25) is 0 Å². The van der Waals surface area contributed by atoms with Gasteiger partial charge < -0.3 is 16.4 Å². The standard InChI is InChI=1S/C16H23N5O2/c1-3-11-6-5-7-12(4-2)14(11)20-15(17)18-8-9-21-13(22)10-19-16(21)23/h5-7H,3-4,8-10H2,1-2H3,(H,19,23)(H3,17,18,20). The summed E-state index contributed by atoms with van der Waals surface area (Å²) in [5, 5.41) is 5.62. The van der Waals surface area contributed by atoms with Gasteiger partial charge in [0.25, 0.3) is 0 Å². The molecule has 0 saturated carbocycles. The van der Waals surface area contributed by atoms with Crippen LogP contribution < -0.4 is 16.4 Å². The summed E-state index contributed by atoms with van der Waals surface area (Å²) in [4.78, 5) is 28.2. The molecule has 0 bridgehead atoms. The Labute approximate surface area is 135 Å². The average molecular weight is 317 g/mol. The molecule has 1 aromatic rings. The van der Waals surface area contributed by atoms with E-state index in [1.165, 1.54) is 11.1 Å². The quantitative estimate of drug-likeness (QED) is 0.415. The summed E-state index contributed by atoms with van der Waals surface area (Å²) in [5.74, 6) is 0.0500. The largest absolute Gasteiger partial charge is 0.370 e. The highest BCUT2D eigenvalue weighted by atomic mass is 16.2. The molecule has 1 aliphatic heterocycles. The third kappa shape index (κ3) is 4.00. The lowest BCUT2D eigenvalue weighted by Gasteiger charge is -2.15. The van der Waals surface area contributed by atoms with Crippen molar-refractivity contribution >= 4 is 23.6 Å². The topological polar surface area (TPSA) is 99.8 Å². The number of rotatable bonds is 6. The van der Waals surface area contributed by atoms with Crippen molar-refractivity contribution in [2.75, 3.05) is 25.0 Å². The number of carbonyl (C=O) groups is 2. The SMILES string of the molecule is CCc1cccc(CC)c1NC(N)=NCCN1C(=O)CNC1=O. The number of para-hydroxylation sites is 1. The Morgan fingerprint density at radius 1 is 1.30 bits per heavy atom. The van der Waals surface area contributed by atoms with E-state index in [0.717, 1.165) is 23.4 Å². The highest BCUT2D eigenvalue weighted by Crippen LogP contribution is 2.22. The number of anilines is 1. The van der Waals surface area contributed by atoms with Crippen molar-refractivity contribution in [2.45, 2.75) is 26.7 Å². The number of nitrogens with one attached hydrogen (secondary N) is 2. The average Bonchev–Trinajstić information content (AvgIpc) is 2.87. The smallest absolute Gasteiger partial charge is 0.324 e. The zero-order chi connectivity index (χ0) is 16.8. The first-order valence-corrected chi connectivity index (χ1v) is 7.82. The number of hydrogen-bond donors (Lipinski definition) is 3. The van der Waals surface area contributed by atoms with E-state index < -0.39 is 0 Å². The van der Waals surface area contributed by atoms with Crippen LogP contribution >= 0.6 is 0 Å². The maximum absolute atomic E-state index is 11.5. The summed E-state index contributed by atoms with van der Waals surface area (Å²) in [6.07, 6.45) is 1.79. The van der Waals surface area contributed by atoms with Gasteiger partial charge in [0, 0.05) is 5.69 Å². The molecule has 0 aromatic heterocycles. The molecule has 0 aliphatic carbocycles. The van der Waals surface area contributed by atoms with Crippen molar-refractivity contribution in [3.05, 3.63) is 29.3 Å². The summed E-state index contributed by atoms with van der Waals surface area (Å²) in [6, 6.07) is 5.78. The van der Waals surface area contributed by atoms with E-state index in [0.29, 0.717) is 0 Å². The molecule has 124 valence electrons. The minimum absolute atomic E-state index is 0.0556. The van der Waals surface area contributed by atoms with Crippen LogP contribution in [0, 0.1) is 0 Å². The van der Waals surface area contributed by atoms with Gasteiger partial charge >= 0.3 is 6.03 Å². The van der Waals surface area contributed by atoms with Crippen molar-refractivity contribution in [3.8, 4) is 0 Å². The van der Waals surface area contributed by atoms with Gasteiger partial charge in [-0.25, -0.2) is 4.79 Å². The van der Waals surface area contributed by atoms with Crippen LogP contribution in [0.3, 0.4) is 0 Å². The lowest BCUT2D eigenvalue weighted by molar-refractivity contribution is -0.124. The first-order valence-electron chi connectivity index (χ1n) is 7.82. The van der Waals surface area contributed by atoms with Crippen LogP contribution in [0.15, 0.2) is 23.2 Å². The van der Waals surface area contributed by atoms with E-state index in [4.69, 9.17) is 5.73 Å². The molecule has 0 unspecified atom stereocenters. The van der Waals surface area contributed by atoms with Crippen LogP contribution in [0.1, 0.15) is 25.0 Å². The molecule has 1 aliphatic rings. The van der Waals surface area contributed by atoms with Gasteiger partial charge in [-0.15, -0.1) is 0 Å². The fourth-order valence-corrected chi connectivity index (χ4v) is 2.52. The first kappa shape index (κ1) is 16.8. The normalized spacial score (nSPS) is 15.0. The lowest BCUT2D eigenvalue weighted by Crippen LogP contribution is -2.34. The summed E-state index contributed by atoms with van der Waals surface area (Å²) in [6.45, 7) is 4.73.